The maximum Gasteiger partial charge on any atom is 0.253 e. The summed E-state index contributed by atoms with van der Waals surface area (Å²) >= 11 is 0. The van der Waals surface area contributed by atoms with E-state index in [1.807, 2.05) is 47.4 Å². The Kier molecular flexibility index (Phi) is 8.12. The van der Waals surface area contributed by atoms with E-state index in [2.05, 4.69) is 16.0 Å². The quantitative estimate of drug-likeness (QED) is 0.428. The van der Waals surface area contributed by atoms with Crippen LogP contribution in [0.5, 0.6) is 0 Å². The van der Waals surface area contributed by atoms with Crippen LogP contribution in [0.3, 0.4) is 0 Å². The van der Waals surface area contributed by atoms with Crippen LogP contribution in [0.1, 0.15) is 35.2 Å². The highest BCUT2D eigenvalue weighted by Crippen LogP contribution is 2.16. The van der Waals surface area contributed by atoms with E-state index in [1.165, 1.54) is 0 Å². The standard InChI is InChI=1S/C28H30N4O3/c33-26(17-8-21-6-2-1-3-7-21)30-25-15-13-23(14-16-25)29-20-27(34)31-24-11-9-22(10-12-24)28(35)32-18-4-5-19-32/h1-3,6-7,9-16,29H,4-5,8,17-20H2,(H,30,33)(H,31,34). The number of hydrogen-bond acceptors (Lipinski definition) is 4. The molecule has 3 amide bonds. The fraction of sp³-hybridized carbons (Fsp3) is 0.250. The lowest BCUT2D eigenvalue weighted by Gasteiger charge is -2.15. The van der Waals surface area contributed by atoms with Gasteiger partial charge in [0.2, 0.25) is 11.8 Å². The number of nitrogens with zero attached hydrogens (tertiary/aromatic N) is 1. The predicted octanol–water partition coefficient (Wildman–Crippen LogP) is 4.54. The average molecular weight is 471 g/mol. The van der Waals surface area contributed by atoms with Gasteiger partial charge in [-0.3, -0.25) is 14.4 Å². The lowest BCUT2D eigenvalue weighted by atomic mass is 10.1. The number of amides is 3. The molecule has 3 aromatic carbocycles. The highest BCUT2D eigenvalue weighted by atomic mass is 16.2. The number of carbonyl (C=O) groups excluding carboxylic acids is 3. The van der Waals surface area contributed by atoms with E-state index >= 15 is 0 Å². The molecule has 1 saturated heterocycles. The Bertz CT molecular complexity index is 1140. The Morgan fingerprint density at radius 3 is 1.91 bits per heavy atom. The molecule has 180 valence electrons. The summed E-state index contributed by atoms with van der Waals surface area (Å²) in [7, 11) is 0. The van der Waals surface area contributed by atoms with Gasteiger partial charge in [0.1, 0.15) is 0 Å². The highest BCUT2D eigenvalue weighted by molar-refractivity contribution is 5.97. The first kappa shape index (κ1) is 24.0. The van der Waals surface area contributed by atoms with Gasteiger partial charge in [0.15, 0.2) is 0 Å². The highest BCUT2D eigenvalue weighted by Gasteiger charge is 2.19. The van der Waals surface area contributed by atoms with Crippen molar-refractivity contribution in [2.24, 2.45) is 0 Å². The molecule has 4 rings (SSSR count). The van der Waals surface area contributed by atoms with Crippen LogP contribution in [0.25, 0.3) is 0 Å². The molecule has 3 N–H and O–H groups in total. The number of rotatable bonds is 9. The van der Waals surface area contributed by atoms with E-state index < -0.39 is 0 Å². The molecule has 35 heavy (non-hydrogen) atoms. The van der Waals surface area contributed by atoms with Crippen molar-refractivity contribution in [3.05, 3.63) is 90.0 Å². The molecule has 1 heterocycles. The Balaban J connectivity index is 1.19. The molecule has 0 aromatic heterocycles. The maximum absolute atomic E-state index is 12.4. The molecule has 0 saturated carbocycles. The summed E-state index contributed by atoms with van der Waals surface area (Å²) < 4.78 is 0. The first-order valence-electron chi connectivity index (χ1n) is 11.9. The summed E-state index contributed by atoms with van der Waals surface area (Å²) in [6.07, 6.45) is 3.22. The molecule has 0 atom stereocenters. The topological polar surface area (TPSA) is 90.5 Å². The fourth-order valence-corrected chi connectivity index (χ4v) is 3.98. The predicted molar refractivity (Wildman–Crippen MR) is 139 cm³/mol. The third-order valence-corrected chi connectivity index (χ3v) is 5.91. The van der Waals surface area contributed by atoms with Crippen LogP contribution < -0.4 is 16.0 Å². The van der Waals surface area contributed by atoms with Gasteiger partial charge in [-0.2, -0.15) is 0 Å². The third-order valence-electron chi connectivity index (χ3n) is 5.91. The van der Waals surface area contributed by atoms with Gasteiger partial charge < -0.3 is 20.9 Å². The van der Waals surface area contributed by atoms with Gasteiger partial charge >= 0.3 is 0 Å². The number of carbonyl (C=O) groups is 3. The molecular formula is C28H30N4O3. The lowest BCUT2D eigenvalue weighted by molar-refractivity contribution is -0.116. The van der Waals surface area contributed by atoms with Gasteiger partial charge in [-0.05, 0) is 73.4 Å². The number of nitrogens with one attached hydrogen (secondary N) is 3. The van der Waals surface area contributed by atoms with Crippen LogP contribution >= 0.6 is 0 Å². The van der Waals surface area contributed by atoms with Crippen molar-refractivity contribution in [1.29, 1.82) is 0 Å². The SMILES string of the molecule is O=C(CCc1ccccc1)Nc1ccc(NCC(=O)Nc2ccc(C(=O)N3CCCC3)cc2)cc1. The molecule has 0 bridgehead atoms. The summed E-state index contributed by atoms with van der Waals surface area (Å²) in [4.78, 5) is 38.8. The molecule has 1 aliphatic heterocycles. The molecule has 0 unspecified atom stereocenters. The second kappa shape index (κ2) is 11.8. The maximum atomic E-state index is 12.4. The summed E-state index contributed by atoms with van der Waals surface area (Å²) in [6.45, 7) is 1.71. The van der Waals surface area contributed by atoms with Crippen LogP contribution in [0.2, 0.25) is 0 Å². The van der Waals surface area contributed by atoms with Gasteiger partial charge in [0.25, 0.3) is 5.91 Å². The first-order chi connectivity index (χ1) is 17.1. The molecular weight excluding hydrogens is 440 g/mol. The number of anilines is 3. The van der Waals surface area contributed by atoms with Crippen LogP contribution in [-0.4, -0.2) is 42.3 Å². The second-order valence-corrected chi connectivity index (χ2v) is 8.59. The van der Waals surface area contributed by atoms with E-state index in [4.69, 9.17) is 0 Å². The lowest BCUT2D eigenvalue weighted by Crippen LogP contribution is -2.27. The Morgan fingerprint density at radius 2 is 1.26 bits per heavy atom. The molecule has 0 aliphatic carbocycles. The number of aryl methyl sites for hydroxylation is 1. The minimum Gasteiger partial charge on any atom is -0.376 e. The largest absolute Gasteiger partial charge is 0.376 e. The summed E-state index contributed by atoms with van der Waals surface area (Å²) in [5.74, 6) is -0.193. The molecule has 0 radical (unpaired) electrons. The van der Waals surface area contributed by atoms with E-state index in [0.717, 1.165) is 37.2 Å². The average Bonchev–Trinajstić information content (AvgIpc) is 3.43. The molecule has 1 fully saturated rings. The van der Waals surface area contributed by atoms with Gasteiger partial charge in [-0.25, -0.2) is 0 Å². The Labute approximate surface area is 205 Å². The third kappa shape index (κ3) is 7.17. The van der Waals surface area contributed by atoms with Crippen LogP contribution in [-0.2, 0) is 16.0 Å². The van der Waals surface area contributed by atoms with Crippen molar-refractivity contribution in [1.82, 2.24) is 4.90 Å². The van der Waals surface area contributed by atoms with E-state index in [9.17, 15) is 14.4 Å². The van der Waals surface area contributed by atoms with Crippen molar-refractivity contribution in [2.75, 3.05) is 35.6 Å². The number of hydrogen-bond donors (Lipinski definition) is 3. The van der Waals surface area contributed by atoms with Gasteiger partial charge in [-0.1, -0.05) is 30.3 Å². The smallest absolute Gasteiger partial charge is 0.253 e. The molecule has 0 spiro atoms. The van der Waals surface area contributed by atoms with Crippen molar-refractivity contribution in [3.8, 4) is 0 Å². The fourth-order valence-electron chi connectivity index (χ4n) is 3.98. The van der Waals surface area contributed by atoms with Crippen LogP contribution in [0.15, 0.2) is 78.9 Å². The van der Waals surface area contributed by atoms with Crippen molar-refractivity contribution >= 4 is 34.8 Å². The zero-order chi connectivity index (χ0) is 24.5. The summed E-state index contributed by atoms with van der Waals surface area (Å²) in [5.41, 5.74) is 3.89. The van der Waals surface area contributed by atoms with Gasteiger partial charge in [0.05, 0.1) is 6.54 Å². The number of likely N-dealkylation sites (tertiary alicyclic amines) is 1. The summed E-state index contributed by atoms with van der Waals surface area (Å²) in [6, 6.07) is 24.1. The second-order valence-electron chi connectivity index (χ2n) is 8.59. The van der Waals surface area contributed by atoms with E-state index in [1.54, 1.807) is 36.4 Å². The Morgan fingerprint density at radius 1 is 0.686 bits per heavy atom. The molecule has 7 nitrogen and oxygen atoms in total. The minimum absolute atomic E-state index is 0.0397. The van der Waals surface area contributed by atoms with Gasteiger partial charge in [-0.15, -0.1) is 0 Å². The first-order valence-corrected chi connectivity index (χ1v) is 11.9. The summed E-state index contributed by atoms with van der Waals surface area (Å²) in [5, 5.41) is 8.80. The van der Waals surface area contributed by atoms with Crippen molar-refractivity contribution < 1.29 is 14.4 Å². The zero-order valence-corrected chi connectivity index (χ0v) is 19.6. The Hall–Kier alpha value is -4.13. The van der Waals surface area contributed by atoms with Crippen LogP contribution in [0.4, 0.5) is 17.1 Å². The van der Waals surface area contributed by atoms with Crippen molar-refractivity contribution in [2.45, 2.75) is 25.7 Å². The van der Waals surface area contributed by atoms with E-state index in [0.29, 0.717) is 29.8 Å². The monoisotopic (exact) mass is 470 g/mol. The van der Waals surface area contributed by atoms with Gasteiger partial charge in [0, 0.05) is 42.1 Å². The minimum atomic E-state index is -0.193. The van der Waals surface area contributed by atoms with E-state index in [-0.39, 0.29) is 24.3 Å². The molecule has 7 heteroatoms. The molecule has 3 aromatic rings. The zero-order valence-electron chi connectivity index (χ0n) is 19.6. The normalized spacial score (nSPS) is 12.7. The van der Waals surface area contributed by atoms with Crippen molar-refractivity contribution in [3.63, 3.8) is 0 Å². The number of benzene rings is 3. The van der Waals surface area contributed by atoms with Crippen LogP contribution in [0, 0.1) is 0 Å². The molecule has 1 aliphatic rings.